The van der Waals surface area contributed by atoms with E-state index in [1.807, 2.05) is 26.0 Å². The van der Waals surface area contributed by atoms with Crippen molar-refractivity contribution in [1.82, 2.24) is 4.98 Å². The Morgan fingerprint density at radius 3 is 2.76 bits per heavy atom. The second-order valence-corrected chi connectivity index (χ2v) is 6.42. The molecule has 0 amide bonds. The number of anilines is 2. The zero-order valence-corrected chi connectivity index (χ0v) is 12.9. The third-order valence-electron chi connectivity index (χ3n) is 2.91. The van der Waals surface area contributed by atoms with Crippen molar-refractivity contribution in [3.63, 3.8) is 0 Å². The predicted molar refractivity (Wildman–Crippen MR) is 85.0 cm³/mol. The van der Waals surface area contributed by atoms with Crippen LogP contribution in [0.15, 0.2) is 47.6 Å². The van der Waals surface area contributed by atoms with E-state index in [4.69, 9.17) is 0 Å². The largest absolute Gasteiger partial charge is 0.384 e. The second-order valence-electron chi connectivity index (χ2n) is 4.77. The molecule has 2 aromatic rings. The van der Waals surface area contributed by atoms with Gasteiger partial charge in [-0.15, -0.1) is 0 Å². The van der Waals surface area contributed by atoms with Gasteiger partial charge < -0.3 is 5.32 Å². The van der Waals surface area contributed by atoms with Crippen LogP contribution in [0.4, 0.5) is 11.4 Å². The van der Waals surface area contributed by atoms with Crippen LogP contribution in [0.2, 0.25) is 0 Å². The summed E-state index contributed by atoms with van der Waals surface area (Å²) in [6, 6.07) is 8.90. The maximum atomic E-state index is 12.5. The Labute approximate surface area is 125 Å². The zero-order valence-electron chi connectivity index (χ0n) is 12.1. The van der Waals surface area contributed by atoms with E-state index in [1.54, 1.807) is 24.4 Å². The molecule has 0 spiro atoms. The van der Waals surface area contributed by atoms with Gasteiger partial charge in [-0.2, -0.15) is 0 Å². The molecular weight excluding hydrogens is 286 g/mol. The lowest BCUT2D eigenvalue weighted by Gasteiger charge is -2.13. The summed E-state index contributed by atoms with van der Waals surface area (Å²) in [5, 5.41) is 3.11. The summed E-state index contributed by atoms with van der Waals surface area (Å²) in [5.41, 5.74) is 2.10. The average molecular weight is 305 g/mol. The predicted octanol–water partition coefficient (Wildman–Crippen LogP) is 3.01. The van der Waals surface area contributed by atoms with Gasteiger partial charge in [0.25, 0.3) is 10.0 Å². The first kappa shape index (κ1) is 15.3. The lowest BCUT2D eigenvalue weighted by molar-refractivity contribution is 0.601. The Bertz CT molecular complexity index is 714. The first-order chi connectivity index (χ1) is 10.0. The molecular formula is C15H19N3O2S. The van der Waals surface area contributed by atoms with Crippen molar-refractivity contribution < 1.29 is 8.42 Å². The van der Waals surface area contributed by atoms with Gasteiger partial charge in [-0.3, -0.25) is 9.71 Å². The molecule has 0 fully saturated rings. The van der Waals surface area contributed by atoms with E-state index in [0.717, 1.165) is 12.0 Å². The monoisotopic (exact) mass is 305 g/mol. The van der Waals surface area contributed by atoms with Gasteiger partial charge in [0.05, 0.1) is 5.69 Å². The van der Waals surface area contributed by atoms with Gasteiger partial charge in [-0.05, 0) is 37.1 Å². The quantitative estimate of drug-likeness (QED) is 0.860. The fourth-order valence-corrected chi connectivity index (χ4v) is 3.10. The van der Waals surface area contributed by atoms with Gasteiger partial charge in [-0.25, -0.2) is 8.42 Å². The number of aryl methyl sites for hydroxylation is 1. The molecule has 1 aromatic carbocycles. The molecule has 0 aliphatic carbocycles. The van der Waals surface area contributed by atoms with Gasteiger partial charge in [-0.1, -0.05) is 19.1 Å². The molecule has 2 N–H and O–H groups in total. The summed E-state index contributed by atoms with van der Waals surface area (Å²) < 4.78 is 27.6. The number of sulfonamides is 1. The fraction of sp³-hybridized carbons (Fsp3) is 0.267. The van der Waals surface area contributed by atoms with E-state index < -0.39 is 10.0 Å². The zero-order chi connectivity index (χ0) is 15.3. The minimum Gasteiger partial charge on any atom is -0.384 e. The van der Waals surface area contributed by atoms with Crippen LogP contribution in [0.3, 0.4) is 0 Å². The number of aromatic nitrogens is 1. The van der Waals surface area contributed by atoms with Crippen molar-refractivity contribution in [3.8, 4) is 0 Å². The number of hydrogen-bond donors (Lipinski definition) is 2. The molecule has 1 aromatic heterocycles. The van der Waals surface area contributed by atoms with E-state index in [-0.39, 0.29) is 4.90 Å². The molecule has 0 radical (unpaired) electrons. The van der Waals surface area contributed by atoms with Crippen LogP contribution in [0.25, 0.3) is 0 Å². The van der Waals surface area contributed by atoms with E-state index in [9.17, 15) is 8.42 Å². The van der Waals surface area contributed by atoms with Gasteiger partial charge >= 0.3 is 0 Å². The molecule has 2 rings (SSSR count). The van der Waals surface area contributed by atoms with E-state index in [0.29, 0.717) is 17.9 Å². The van der Waals surface area contributed by atoms with Crippen LogP contribution in [-0.2, 0) is 10.0 Å². The van der Waals surface area contributed by atoms with Crippen molar-refractivity contribution in [3.05, 3.63) is 48.3 Å². The maximum Gasteiger partial charge on any atom is 0.265 e. The molecule has 21 heavy (non-hydrogen) atoms. The first-order valence-electron chi connectivity index (χ1n) is 6.80. The average Bonchev–Trinajstić information content (AvgIpc) is 2.45. The number of nitrogens with one attached hydrogen (secondary N) is 2. The van der Waals surface area contributed by atoms with Crippen molar-refractivity contribution in [2.24, 2.45) is 0 Å². The highest BCUT2D eigenvalue weighted by Gasteiger charge is 2.18. The van der Waals surface area contributed by atoms with Gasteiger partial charge in [0.2, 0.25) is 0 Å². The summed E-state index contributed by atoms with van der Waals surface area (Å²) in [4.78, 5) is 4.07. The molecule has 0 aliphatic rings. The van der Waals surface area contributed by atoms with Gasteiger partial charge in [0, 0.05) is 24.6 Å². The molecule has 0 unspecified atom stereocenters. The Morgan fingerprint density at radius 2 is 2.05 bits per heavy atom. The standard InChI is InChI=1S/C15H19N3O2S/c1-3-8-17-14-7-9-16-11-15(14)21(19,20)18-13-6-4-5-12(2)10-13/h4-7,9-11,18H,3,8H2,1-2H3,(H,16,17). The van der Waals surface area contributed by atoms with Gasteiger partial charge in [0.15, 0.2) is 0 Å². The highest BCUT2D eigenvalue weighted by atomic mass is 32.2. The van der Waals surface area contributed by atoms with Crippen LogP contribution in [0.1, 0.15) is 18.9 Å². The Balaban J connectivity index is 2.31. The minimum absolute atomic E-state index is 0.153. The van der Waals surface area contributed by atoms with Crippen LogP contribution < -0.4 is 10.0 Å². The third-order valence-corrected chi connectivity index (χ3v) is 4.32. The van der Waals surface area contributed by atoms with Gasteiger partial charge in [0.1, 0.15) is 4.90 Å². The molecule has 5 nitrogen and oxygen atoms in total. The van der Waals surface area contributed by atoms with Crippen molar-refractivity contribution >= 4 is 21.4 Å². The van der Waals surface area contributed by atoms with Crippen LogP contribution in [-0.4, -0.2) is 19.9 Å². The molecule has 0 saturated heterocycles. The molecule has 0 bridgehead atoms. The number of rotatable bonds is 6. The Hall–Kier alpha value is -2.08. The normalized spacial score (nSPS) is 11.1. The first-order valence-corrected chi connectivity index (χ1v) is 8.28. The molecule has 0 aliphatic heterocycles. The number of nitrogens with zero attached hydrogens (tertiary/aromatic N) is 1. The third kappa shape index (κ3) is 3.95. The summed E-state index contributed by atoms with van der Waals surface area (Å²) in [7, 11) is -3.67. The minimum atomic E-state index is -3.67. The lowest BCUT2D eigenvalue weighted by Crippen LogP contribution is -2.16. The SMILES string of the molecule is CCCNc1ccncc1S(=O)(=O)Nc1cccc(C)c1. The molecule has 1 heterocycles. The molecule has 112 valence electrons. The maximum absolute atomic E-state index is 12.5. The lowest BCUT2D eigenvalue weighted by atomic mass is 10.2. The van der Waals surface area contributed by atoms with Crippen molar-refractivity contribution in [2.45, 2.75) is 25.2 Å². The number of pyridine rings is 1. The van der Waals surface area contributed by atoms with Crippen molar-refractivity contribution in [2.75, 3.05) is 16.6 Å². The van der Waals surface area contributed by atoms with E-state index in [2.05, 4.69) is 15.0 Å². The number of benzene rings is 1. The fourth-order valence-electron chi connectivity index (χ4n) is 1.92. The highest BCUT2D eigenvalue weighted by Crippen LogP contribution is 2.23. The Morgan fingerprint density at radius 1 is 1.24 bits per heavy atom. The van der Waals surface area contributed by atoms with Crippen molar-refractivity contribution in [1.29, 1.82) is 0 Å². The van der Waals surface area contributed by atoms with E-state index >= 15 is 0 Å². The summed E-state index contributed by atoms with van der Waals surface area (Å²) >= 11 is 0. The van der Waals surface area contributed by atoms with E-state index in [1.165, 1.54) is 6.20 Å². The van der Waals surface area contributed by atoms with Crippen LogP contribution in [0, 0.1) is 6.92 Å². The topological polar surface area (TPSA) is 71.1 Å². The smallest absolute Gasteiger partial charge is 0.265 e. The summed E-state index contributed by atoms with van der Waals surface area (Å²) in [6.07, 6.45) is 3.84. The highest BCUT2D eigenvalue weighted by molar-refractivity contribution is 7.92. The van der Waals surface area contributed by atoms with Crippen LogP contribution >= 0.6 is 0 Å². The molecule has 6 heteroatoms. The molecule has 0 saturated carbocycles. The van der Waals surface area contributed by atoms with Crippen LogP contribution in [0.5, 0.6) is 0 Å². The second kappa shape index (κ2) is 6.58. The Kier molecular flexibility index (Phi) is 4.80. The molecule has 0 atom stereocenters. The summed E-state index contributed by atoms with van der Waals surface area (Å²) in [6.45, 7) is 4.64. The number of hydrogen-bond acceptors (Lipinski definition) is 4. The summed E-state index contributed by atoms with van der Waals surface area (Å²) in [5.74, 6) is 0.